The maximum absolute atomic E-state index is 11.5. The van der Waals surface area contributed by atoms with Crippen LogP contribution >= 0.6 is 11.8 Å². The molecule has 8 bridgehead atoms. The predicted molar refractivity (Wildman–Crippen MR) is 298 cm³/mol. The van der Waals surface area contributed by atoms with Crippen LogP contribution in [0.4, 0.5) is 0 Å². The van der Waals surface area contributed by atoms with E-state index in [0.717, 1.165) is 94.9 Å². The summed E-state index contributed by atoms with van der Waals surface area (Å²) in [6, 6.07) is 39.1. The van der Waals surface area contributed by atoms with Gasteiger partial charge < -0.3 is 9.97 Å². The molecule has 2 aliphatic rings. The van der Waals surface area contributed by atoms with Gasteiger partial charge in [0.25, 0.3) is 0 Å². The van der Waals surface area contributed by atoms with Crippen molar-refractivity contribution in [2.24, 2.45) is 0 Å². The third-order valence-electron chi connectivity index (χ3n) is 13.5. The first kappa shape index (κ1) is 46.0. The van der Waals surface area contributed by atoms with Crippen molar-refractivity contribution in [2.75, 3.05) is 0 Å². The van der Waals surface area contributed by atoms with Gasteiger partial charge >= 0.3 is 0 Å². The number of hydrogen-bond acceptors (Lipinski definition) is 4. The Bertz CT molecular complexity index is 3550. The Hall–Kier alpha value is -7.72. The maximum Gasteiger partial charge on any atom is 0.186 e. The van der Waals surface area contributed by atoms with Crippen LogP contribution < -0.4 is 0 Å². The van der Waals surface area contributed by atoms with Crippen molar-refractivity contribution in [2.45, 2.75) is 75.0 Å². The fourth-order valence-corrected chi connectivity index (χ4v) is 11.3. The van der Waals surface area contributed by atoms with Crippen LogP contribution in [0, 0.1) is 74.2 Å². The number of benzene rings is 5. The highest BCUT2D eigenvalue weighted by atomic mass is 32.2. The van der Waals surface area contributed by atoms with Gasteiger partial charge in [0.15, 0.2) is 5.12 Å². The van der Waals surface area contributed by atoms with E-state index in [2.05, 4.69) is 193 Å². The molecule has 10 rings (SSSR count). The van der Waals surface area contributed by atoms with E-state index < -0.39 is 0 Å². The number of H-pyrrole nitrogens is 2. The minimum absolute atomic E-state index is 0.117. The van der Waals surface area contributed by atoms with E-state index in [-0.39, 0.29) is 5.12 Å². The number of carbonyl (C=O) groups excluding carboxylic acids is 1. The fourth-order valence-electron chi connectivity index (χ4n) is 10.8. The molecule has 8 aromatic rings. The van der Waals surface area contributed by atoms with Crippen LogP contribution in [0.5, 0.6) is 0 Å². The zero-order chi connectivity index (χ0) is 49.0. The van der Waals surface area contributed by atoms with Crippen LogP contribution in [0.3, 0.4) is 0 Å². The molecule has 0 aliphatic carbocycles. The summed E-state index contributed by atoms with van der Waals surface area (Å²) in [6.45, 7) is 21.3. The Balaban J connectivity index is 1.28. The predicted octanol–water partition coefficient (Wildman–Crippen LogP) is 16.3. The highest BCUT2D eigenvalue weighted by Crippen LogP contribution is 2.42. The largest absolute Gasteiger partial charge is 0.354 e. The van der Waals surface area contributed by atoms with Crippen molar-refractivity contribution in [3.8, 4) is 56.3 Å². The number of nitrogens with one attached hydrogen (secondary N) is 2. The standard InChI is InChI=1S/C64H56N4OS/c1-36-29-39(4)58(40(5)30-36)62-52-23-21-50(65-52)61(49-19-17-47(18-20-49)12-11-46-13-15-48(16-14-46)35-70-45(10)69)51-22-24-53(66-51)63(59-41(6)31-37(2)32-42(59)7)55-26-28-57(68-55)64(56-27-25-54(62)67-56)60-43(8)33-38(3)34-44(60)9/h13-34,65-66H,35H2,1-10H3. The summed E-state index contributed by atoms with van der Waals surface area (Å²) < 4.78 is 0. The molecule has 0 saturated heterocycles. The molecule has 3 aromatic heterocycles. The van der Waals surface area contributed by atoms with E-state index in [1.165, 1.54) is 73.0 Å². The third-order valence-corrected chi connectivity index (χ3v) is 14.3. The molecule has 5 aromatic carbocycles. The minimum atomic E-state index is 0.117. The zero-order valence-corrected chi connectivity index (χ0v) is 42.4. The number of nitrogens with zero attached hydrogens (tertiary/aromatic N) is 2. The fraction of sp³-hybridized carbons (Fsp3) is 0.172. The van der Waals surface area contributed by atoms with E-state index in [4.69, 9.17) is 9.97 Å². The SMILES string of the molecule is CC(=O)SCc1ccc(C#Cc2ccc(-c3c4ccc([nH]4)c(-c4c(C)cc(C)cc4C)c4nc(c(-c5c(C)cc(C)cc5C)c5nc(c(-c6c(C)cc(C)cc6C)c6ccc3[nH]6)C=C5)C=C4)cc2)cc1. The van der Waals surface area contributed by atoms with Gasteiger partial charge in [-0.15, -0.1) is 0 Å². The van der Waals surface area contributed by atoms with E-state index in [1.54, 1.807) is 6.92 Å². The van der Waals surface area contributed by atoms with E-state index in [1.807, 2.05) is 24.3 Å². The number of fused-ring (bicyclic) bond motifs is 8. The Morgan fingerprint density at radius 1 is 0.429 bits per heavy atom. The lowest BCUT2D eigenvalue weighted by atomic mass is 9.92. The molecule has 0 radical (unpaired) electrons. The van der Waals surface area contributed by atoms with Crippen molar-refractivity contribution < 1.29 is 4.79 Å². The van der Waals surface area contributed by atoms with Crippen LogP contribution in [0.2, 0.25) is 0 Å². The molecule has 0 fully saturated rings. The second-order valence-electron chi connectivity index (χ2n) is 19.1. The van der Waals surface area contributed by atoms with Crippen molar-refractivity contribution in [1.82, 2.24) is 19.9 Å². The topological polar surface area (TPSA) is 74.4 Å². The van der Waals surface area contributed by atoms with Crippen molar-refractivity contribution in [1.29, 1.82) is 0 Å². The highest BCUT2D eigenvalue weighted by Gasteiger charge is 2.23. The average Bonchev–Trinajstić information content (AvgIpc) is 4.16. The summed E-state index contributed by atoms with van der Waals surface area (Å²) in [7, 11) is 0. The number of aromatic nitrogens is 4. The van der Waals surface area contributed by atoms with Crippen molar-refractivity contribution in [3.05, 3.63) is 199 Å². The Kier molecular flexibility index (Phi) is 12.3. The van der Waals surface area contributed by atoms with E-state index in [0.29, 0.717) is 5.75 Å². The van der Waals surface area contributed by atoms with E-state index >= 15 is 0 Å². The molecule has 0 spiro atoms. The lowest BCUT2D eigenvalue weighted by molar-refractivity contribution is -0.109. The van der Waals surface area contributed by atoms with Crippen LogP contribution in [0.25, 0.3) is 90.9 Å². The first-order valence-electron chi connectivity index (χ1n) is 23.9. The third kappa shape index (κ3) is 8.90. The van der Waals surface area contributed by atoms with Gasteiger partial charge in [-0.25, -0.2) is 9.97 Å². The lowest BCUT2D eigenvalue weighted by Gasteiger charge is -2.14. The maximum atomic E-state index is 11.5. The quantitative estimate of drug-likeness (QED) is 0.163. The monoisotopic (exact) mass is 928 g/mol. The molecule has 2 aliphatic heterocycles. The van der Waals surface area contributed by atoms with Gasteiger partial charge in [0.05, 0.1) is 22.8 Å². The normalized spacial score (nSPS) is 11.8. The molecule has 0 unspecified atom stereocenters. The molecule has 70 heavy (non-hydrogen) atoms. The lowest BCUT2D eigenvalue weighted by Crippen LogP contribution is -1.97. The summed E-state index contributed by atoms with van der Waals surface area (Å²) in [5.74, 6) is 7.39. The van der Waals surface area contributed by atoms with Crippen LogP contribution in [0.1, 0.15) is 96.5 Å². The first-order valence-corrected chi connectivity index (χ1v) is 24.9. The number of thioether (sulfide) groups is 1. The second kappa shape index (κ2) is 18.6. The highest BCUT2D eigenvalue weighted by molar-refractivity contribution is 8.12. The summed E-state index contributed by atoms with van der Waals surface area (Å²) in [4.78, 5) is 30.7. The Morgan fingerprint density at radius 3 is 1.13 bits per heavy atom. The number of aryl methyl sites for hydroxylation is 9. The average molecular weight is 929 g/mol. The smallest absolute Gasteiger partial charge is 0.186 e. The molecule has 0 saturated carbocycles. The molecule has 5 heterocycles. The Labute approximate surface area is 415 Å². The molecule has 0 atom stereocenters. The molecule has 5 nitrogen and oxygen atoms in total. The molecule has 344 valence electrons. The second-order valence-corrected chi connectivity index (χ2v) is 20.3. The van der Waals surface area contributed by atoms with Gasteiger partial charge in [-0.1, -0.05) is 101 Å². The summed E-state index contributed by atoms with van der Waals surface area (Å²) in [6.07, 6.45) is 8.73. The summed E-state index contributed by atoms with van der Waals surface area (Å²) >= 11 is 1.32. The van der Waals surface area contributed by atoms with Crippen molar-refractivity contribution in [3.63, 3.8) is 0 Å². The van der Waals surface area contributed by atoms with Crippen LogP contribution in [-0.2, 0) is 10.5 Å². The van der Waals surface area contributed by atoms with Gasteiger partial charge in [0.1, 0.15) is 0 Å². The summed E-state index contributed by atoms with van der Waals surface area (Å²) in [5.41, 5.74) is 30.0. The summed E-state index contributed by atoms with van der Waals surface area (Å²) in [5, 5.41) is 0.117. The van der Waals surface area contributed by atoms with Gasteiger partial charge in [0, 0.05) is 68.1 Å². The van der Waals surface area contributed by atoms with Gasteiger partial charge in [-0.2, -0.15) is 0 Å². The van der Waals surface area contributed by atoms with E-state index in [9.17, 15) is 4.79 Å². The zero-order valence-electron chi connectivity index (χ0n) is 41.6. The number of aromatic amines is 2. The first-order chi connectivity index (χ1) is 33.7. The van der Waals surface area contributed by atoms with Gasteiger partial charge in [-0.05, 0) is 196 Å². The number of hydrogen-bond donors (Lipinski definition) is 2. The number of carbonyl (C=O) groups is 1. The Morgan fingerprint density at radius 2 is 0.757 bits per heavy atom. The number of rotatable bonds is 6. The molecule has 0 amide bonds. The van der Waals surface area contributed by atoms with Crippen LogP contribution in [0.15, 0.2) is 109 Å². The van der Waals surface area contributed by atoms with Crippen LogP contribution in [-0.4, -0.2) is 25.1 Å². The molecule has 6 heteroatoms. The van der Waals surface area contributed by atoms with Gasteiger partial charge in [-0.3, -0.25) is 4.79 Å². The molecular formula is C64H56N4OS. The molecular weight excluding hydrogens is 873 g/mol. The van der Waals surface area contributed by atoms with Crippen molar-refractivity contribution >= 4 is 63.2 Å². The molecule has 2 N–H and O–H groups in total. The van der Waals surface area contributed by atoms with Gasteiger partial charge in [0.2, 0.25) is 0 Å². The minimum Gasteiger partial charge on any atom is -0.354 e.